The number of carbonyl (C=O) groups excluding carboxylic acids is 2. The molecule has 0 aliphatic heterocycles. The average molecular weight is 718 g/mol. The Morgan fingerprint density at radius 2 is 0.941 bits per heavy atom. The Morgan fingerprint density at radius 3 is 1.47 bits per heavy atom. The van der Waals surface area contributed by atoms with Crippen LogP contribution in [0.3, 0.4) is 0 Å². The molecule has 0 saturated carbocycles. The molecule has 0 fully saturated rings. The number of carbonyl (C=O) groups is 2. The third kappa shape index (κ3) is 37.6. The van der Waals surface area contributed by atoms with Crippen LogP contribution < -0.4 is 5.32 Å². The Hall–Kier alpha value is -1.92. The Kier molecular flexibility index (Phi) is 39.3. The largest absolute Gasteiger partial charge is 0.466 e. The third-order valence-electron chi connectivity index (χ3n) is 9.63. The van der Waals surface area contributed by atoms with Gasteiger partial charge in [-0.3, -0.25) is 9.59 Å². The Balaban J connectivity index is 3.56. The van der Waals surface area contributed by atoms with Crippen molar-refractivity contribution >= 4 is 11.9 Å². The van der Waals surface area contributed by atoms with Crippen LogP contribution in [0.5, 0.6) is 0 Å². The normalized spacial score (nSPS) is 13.1. The lowest BCUT2D eigenvalue weighted by molar-refractivity contribution is -0.143. The molecule has 0 spiro atoms. The summed E-state index contributed by atoms with van der Waals surface area (Å²) in [6.45, 7) is 4.77. The maximum atomic E-state index is 12.3. The van der Waals surface area contributed by atoms with Crippen LogP contribution in [0.4, 0.5) is 0 Å². The second kappa shape index (κ2) is 40.8. The molecular weight excluding hydrogens is 634 g/mol. The lowest BCUT2D eigenvalue weighted by atomic mass is 10.1. The maximum Gasteiger partial charge on any atom is 0.305 e. The highest BCUT2D eigenvalue weighted by molar-refractivity contribution is 5.76. The lowest BCUT2D eigenvalue weighted by Crippen LogP contribution is -2.45. The average Bonchev–Trinajstić information content (AvgIpc) is 3.13. The van der Waals surface area contributed by atoms with Gasteiger partial charge in [-0.2, -0.15) is 0 Å². The van der Waals surface area contributed by atoms with Crippen molar-refractivity contribution in [2.45, 2.75) is 225 Å². The molecular formula is C45H83NO5. The van der Waals surface area contributed by atoms with E-state index in [1.807, 2.05) is 6.08 Å². The van der Waals surface area contributed by atoms with E-state index >= 15 is 0 Å². The van der Waals surface area contributed by atoms with Gasteiger partial charge in [0, 0.05) is 12.8 Å². The van der Waals surface area contributed by atoms with Crippen LogP contribution in [0.2, 0.25) is 0 Å². The van der Waals surface area contributed by atoms with Crippen LogP contribution >= 0.6 is 0 Å². The van der Waals surface area contributed by atoms with Crippen molar-refractivity contribution in [3.05, 3.63) is 36.5 Å². The number of aliphatic hydroxyl groups is 2. The molecule has 2 unspecified atom stereocenters. The van der Waals surface area contributed by atoms with Crippen LogP contribution in [0.25, 0.3) is 0 Å². The third-order valence-corrected chi connectivity index (χ3v) is 9.63. The molecule has 51 heavy (non-hydrogen) atoms. The molecule has 298 valence electrons. The van der Waals surface area contributed by atoms with E-state index in [1.165, 1.54) is 116 Å². The highest BCUT2D eigenvalue weighted by Gasteiger charge is 2.17. The van der Waals surface area contributed by atoms with Gasteiger partial charge in [0.05, 0.1) is 25.4 Å². The molecule has 6 heteroatoms. The number of nitrogens with one attached hydrogen (secondary N) is 1. The zero-order valence-electron chi connectivity index (χ0n) is 33.6. The minimum Gasteiger partial charge on any atom is -0.466 e. The fraction of sp³-hybridized carbons (Fsp3) is 0.822. The summed E-state index contributed by atoms with van der Waals surface area (Å²) in [5, 5.41) is 22.8. The summed E-state index contributed by atoms with van der Waals surface area (Å²) < 4.78 is 5.42. The molecule has 0 heterocycles. The zero-order valence-corrected chi connectivity index (χ0v) is 33.6. The van der Waals surface area contributed by atoms with Crippen molar-refractivity contribution in [1.29, 1.82) is 0 Å². The lowest BCUT2D eigenvalue weighted by Gasteiger charge is -2.19. The Morgan fingerprint density at radius 1 is 0.529 bits per heavy atom. The SMILES string of the molecule is CCCC/C=C\CCCCCCCC(=O)OCCCCCCCC/C=C\CCCCCC(=O)NC(CO)C(O)/C=C/CCCCCCCCCC. The van der Waals surface area contributed by atoms with Crippen molar-refractivity contribution in [2.24, 2.45) is 0 Å². The summed E-state index contributed by atoms with van der Waals surface area (Å²) in [5.74, 6) is -0.129. The molecule has 0 aromatic heterocycles. The van der Waals surface area contributed by atoms with E-state index in [0.717, 1.165) is 70.6 Å². The highest BCUT2D eigenvalue weighted by Crippen LogP contribution is 2.13. The number of amides is 1. The van der Waals surface area contributed by atoms with Gasteiger partial charge in [0.2, 0.25) is 5.91 Å². The highest BCUT2D eigenvalue weighted by atomic mass is 16.5. The standard InChI is InChI=1S/C45H83NO5/c1-3-5-7-9-11-13-18-23-27-31-35-39-45(50)51-40-36-32-28-24-20-17-15-16-19-22-26-30-34-38-44(49)46-42(41-47)43(48)37-33-29-25-21-14-12-10-8-6-4-2/h9,11,16,19,33,37,42-43,47-48H,3-8,10,12-15,17-18,20-32,34-36,38-41H2,1-2H3,(H,46,49)/b11-9-,19-16-,37-33+. The zero-order chi connectivity index (χ0) is 37.3. The number of esters is 1. The van der Waals surface area contributed by atoms with Gasteiger partial charge in [-0.15, -0.1) is 0 Å². The first kappa shape index (κ1) is 49.1. The molecule has 0 rings (SSSR count). The molecule has 1 amide bonds. The molecule has 0 aliphatic rings. The Bertz CT molecular complexity index is 838. The number of hydrogen-bond acceptors (Lipinski definition) is 5. The van der Waals surface area contributed by atoms with Gasteiger partial charge < -0.3 is 20.3 Å². The molecule has 0 saturated heterocycles. The molecule has 3 N–H and O–H groups in total. The smallest absolute Gasteiger partial charge is 0.305 e. The molecule has 2 atom stereocenters. The van der Waals surface area contributed by atoms with Gasteiger partial charge in [-0.05, 0) is 77.0 Å². The maximum absolute atomic E-state index is 12.3. The Labute approximate surface area is 315 Å². The van der Waals surface area contributed by atoms with Crippen LogP contribution in [0.1, 0.15) is 213 Å². The van der Waals surface area contributed by atoms with E-state index < -0.39 is 12.1 Å². The predicted molar refractivity (Wildman–Crippen MR) is 218 cm³/mol. The molecule has 0 aromatic carbocycles. The molecule has 0 radical (unpaired) electrons. The van der Waals surface area contributed by atoms with Gasteiger partial charge in [0.15, 0.2) is 0 Å². The van der Waals surface area contributed by atoms with E-state index in [0.29, 0.717) is 19.4 Å². The summed E-state index contributed by atoms with van der Waals surface area (Å²) in [4.78, 5) is 24.3. The number of ether oxygens (including phenoxy) is 1. The predicted octanol–water partition coefficient (Wildman–Crippen LogP) is 12.2. The first-order valence-electron chi connectivity index (χ1n) is 21.8. The van der Waals surface area contributed by atoms with Crippen molar-refractivity contribution in [2.75, 3.05) is 13.2 Å². The van der Waals surface area contributed by atoms with Crippen molar-refractivity contribution in [3.63, 3.8) is 0 Å². The summed E-state index contributed by atoms with van der Waals surface area (Å²) in [7, 11) is 0. The first-order chi connectivity index (χ1) is 25.0. The fourth-order valence-electron chi connectivity index (χ4n) is 6.19. The van der Waals surface area contributed by atoms with E-state index in [1.54, 1.807) is 6.08 Å². The monoisotopic (exact) mass is 718 g/mol. The number of hydrogen-bond donors (Lipinski definition) is 3. The van der Waals surface area contributed by atoms with Gasteiger partial charge in [-0.25, -0.2) is 0 Å². The molecule has 6 nitrogen and oxygen atoms in total. The van der Waals surface area contributed by atoms with Gasteiger partial charge in [-0.1, -0.05) is 159 Å². The van der Waals surface area contributed by atoms with E-state index in [-0.39, 0.29) is 18.5 Å². The molecule has 0 bridgehead atoms. The number of rotatable bonds is 39. The van der Waals surface area contributed by atoms with Gasteiger partial charge in [0.1, 0.15) is 0 Å². The fourth-order valence-corrected chi connectivity index (χ4v) is 6.19. The van der Waals surface area contributed by atoms with Crippen LogP contribution in [0.15, 0.2) is 36.5 Å². The van der Waals surface area contributed by atoms with Crippen molar-refractivity contribution in [1.82, 2.24) is 5.32 Å². The van der Waals surface area contributed by atoms with Crippen LogP contribution in [0, 0.1) is 0 Å². The quantitative estimate of drug-likeness (QED) is 0.0334. The first-order valence-corrected chi connectivity index (χ1v) is 21.8. The van der Waals surface area contributed by atoms with Gasteiger partial charge in [0.25, 0.3) is 0 Å². The topological polar surface area (TPSA) is 95.9 Å². The van der Waals surface area contributed by atoms with Gasteiger partial charge >= 0.3 is 5.97 Å². The number of aliphatic hydroxyl groups excluding tert-OH is 2. The summed E-state index contributed by atoms with van der Waals surface area (Å²) >= 11 is 0. The minimum atomic E-state index is -0.859. The molecule has 0 aliphatic carbocycles. The summed E-state index contributed by atoms with van der Waals surface area (Å²) in [6.07, 6.45) is 47.0. The molecule has 0 aromatic rings. The van der Waals surface area contributed by atoms with E-state index in [9.17, 15) is 19.8 Å². The van der Waals surface area contributed by atoms with Crippen LogP contribution in [-0.4, -0.2) is 47.4 Å². The van der Waals surface area contributed by atoms with Crippen LogP contribution in [-0.2, 0) is 14.3 Å². The van der Waals surface area contributed by atoms with E-state index in [2.05, 4.69) is 43.5 Å². The summed E-state index contributed by atoms with van der Waals surface area (Å²) in [6, 6.07) is -0.646. The number of unbranched alkanes of at least 4 members (excludes halogenated alkanes) is 24. The second-order valence-electron chi connectivity index (χ2n) is 14.7. The summed E-state index contributed by atoms with van der Waals surface area (Å²) in [5.41, 5.74) is 0. The van der Waals surface area contributed by atoms with Crippen molar-refractivity contribution in [3.8, 4) is 0 Å². The second-order valence-corrected chi connectivity index (χ2v) is 14.7. The number of allylic oxidation sites excluding steroid dienone is 5. The van der Waals surface area contributed by atoms with E-state index in [4.69, 9.17) is 4.74 Å². The van der Waals surface area contributed by atoms with Crippen molar-refractivity contribution < 1.29 is 24.5 Å². The minimum absolute atomic E-state index is 0.0267.